The molecular weight excluding hydrogens is 452 g/mol. The number of hydrogen-bond acceptors (Lipinski definition) is 0. The van der Waals surface area contributed by atoms with Gasteiger partial charge in [0.2, 0.25) is 0 Å². The van der Waals surface area contributed by atoms with Gasteiger partial charge in [-0.25, -0.2) is 0 Å². The minimum atomic E-state index is -0.739. The van der Waals surface area contributed by atoms with E-state index < -0.39 is 23.2 Å². The van der Waals surface area contributed by atoms with E-state index >= 15 is 0 Å². The van der Waals surface area contributed by atoms with E-state index in [4.69, 9.17) is 0 Å². The van der Waals surface area contributed by atoms with Crippen LogP contribution in [0.5, 0.6) is 0 Å². The second kappa shape index (κ2) is 7.42. The summed E-state index contributed by atoms with van der Waals surface area (Å²) in [6.45, 7) is 9.16. The van der Waals surface area contributed by atoms with E-state index in [1.54, 1.807) is 44.5 Å². The Kier molecular flexibility index (Phi) is 4.77. The molecule has 2 atom stereocenters. The van der Waals surface area contributed by atoms with Crippen molar-refractivity contribution in [3.8, 4) is 0 Å². The van der Waals surface area contributed by atoms with Crippen molar-refractivity contribution in [1.29, 1.82) is 0 Å². The number of aryl methyl sites for hydroxylation is 4. The van der Waals surface area contributed by atoms with Crippen LogP contribution >= 0.6 is 0 Å². The summed E-state index contributed by atoms with van der Waals surface area (Å²) in [6, 6.07) is 9.71. The third kappa shape index (κ3) is 3.19. The van der Waals surface area contributed by atoms with Gasteiger partial charge in [0, 0.05) is 0 Å². The van der Waals surface area contributed by atoms with Crippen molar-refractivity contribution in [2.45, 2.75) is 60.6 Å². The number of rotatable bonds is 2. The van der Waals surface area contributed by atoms with Crippen LogP contribution in [0.1, 0.15) is 57.3 Å². The van der Waals surface area contributed by atoms with Gasteiger partial charge in [0.25, 0.3) is 0 Å². The first-order valence-corrected chi connectivity index (χ1v) is 14.6. The van der Waals surface area contributed by atoms with Crippen molar-refractivity contribution < 1.29 is 23.2 Å². The number of fused-ring (bicyclic) bond motifs is 4. The molecule has 0 N–H and O–H groups in total. The molecule has 0 saturated heterocycles. The van der Waals surface area contributed by atoms with E-state index in [1.807, 2.05) is 0 Å². The summed E-state index contributed by atoms with van der Waals surface area (Å²) in [6.07, 6.45) is 15.0. The molecule has 31 heavy (non-hydrogen) atoms. The molecule has 1 heteroatoms. The van der Waals surface area contributed by atoms with Crippen LogP contribution in [0.25, 0.3) is 11.1 Å². The van der Waals surface area contributed by atoms with Crippen molar-refractivity contribution in [2.24, 2.45) is 0 Å². The Balaban J connectivity index is 1.37. The molecule has 0 aliphatic heterocycles. The Morgan fingerprint density at radius 1 is 0.613 bits per heavy atom. The standard InChI is InChI=1S/2C15H15.Zr/c2*1-10-8-11(2)13-7-6-12-4-3-5-14(12)15(13)9-10;/h2*3-5,8-9H,6-7H2,1-2H3;. The average molecular weight is 482 g/mol. The Labute approximate surface area is 198 Å². The van der Waals surface area contributed by atoms with Crippen LogP contribution < -0.4 is 0 Å². The molecule has 4 aliphatic rings. The first kappa shape index (κ1) is 19.9. The number of benzene rings is 2. The monoisotopic (exact) mass is 480 g/mol. The normalized spacial score (nSPS) is 23.1. The molecule has 0 fully saturated rings. The summed E-state index contributed by atoms with van der Waals surface area (Å²) in [4.78, 5) is 0. The van der Waals surface area contributed by atoms with Crippen LogP contribution in [0.3, 0.4) is 0 Å². The fourth-order valence-electron chi connectivity index (χ4n) is 6.44. The van der Waals surface area contributed by atoms with E-state index in [-0.39, 0.29) is 0 Å². The second-order valence-corrected chi connectivity index (χ2v) is 13.8. The van der Waals surface area contributed by atoms with Crippen LogP contribution in [0, 0.1) is 27.7 Å². The van der Waals surface area contributed by atoms with Crippen molar-refractivity contribution in [2.75, 3.05) is 0 Å². The maximum atomic E-state index is 2.58. The molecule has 0 aromatic heterocycles. The molecule has 6 rings (SSSR count). The van der Waals surface area contributed by atoms with Crippen molar-refractivity contribution in [3.05, 3.63) is 104 Å². The van der Waals surface area contributed by atoms with Gasteiger partial charge in [-0.1, -0.05) is 0 Å². The van der Waals surface area contributed by atoms with E-state index in [9.17, 15) is 0 Å². The molecule has 0 saturated carbocycles. The average Bonchev–Trinajstić information content (AvgIpc) is 3.32. The van der Waals surface area contributed by atoms with Gasteiger partial charge >= 0.3 is 199 Å². The molecule has 0 amide bonds. The summed E-state index contributed by atoms with van der Waals surface area (Å²) in [7, 11) is 0. The van der Waals surface area contributed by atoms with E-state index in [2.05, 4.69) is 76.3 Å². The maximum absolute atomic E-state index is 2.58. The van der Waals surface area contributed by atoms with Crippen LogP contribution in [0.4, 0.5) is 0 Å². The number of allylic oxidation sites excluding steroid dienone is 8. The van der Waals surface area contributed by atoms with Gasteiger partial charge in [0.05, 0.1) is 0 Å². The van der Waals surface area contributed by atoms with Crippen LogP contribution in [0.2, 0.25) is 7.25 Å². The first-order valence-electron chi connectivity index (χ1n) is 11.8. The Bertz CT molecular complexity index is 1150. The van der Waals surface area contributed by atoms with Crippen molar-refractivity contribution in [3.63, 3.8) is 0 Å². The molecule has 4 aliphatic carbocycles. The predicted molar refractivity (Wildman–Crippen MR) is 128 cm³/mol. The minimum absolute atomic E-state index is 0.705. The molecule has 2 unspecified atom stereocenters. The topological polar surface area (TPSA) is 0 Å². The van der Waals surface area contributed by atoms with Gasteiger partial charge in [-0.05, 0) is 0 Å². The fraction of sp³-hybridized carbons (Fsp3) is 0.333. The Hall–Kier alpha value is -1.72. The second-order valence-electron chi connectivity index (χ2n) is 9.93. The molecule has 154 valence electrons. The molecule has 0 bridgehead atoms. The summed E-state index contributed by atoms with van der Waals surface area (Å²) in [5.41, 5.74) is 18.9. The van der Waals surface area contributed by atoms with Crippen LogP contribution in [-0.2, 0) is 36.1 Å². The van der Waals surface area contributed by atoms with E-state index in [1.165, 1.54) is 47.9 Å². The summed E-state index contributed by atoms with van der Waals surface area (Å²) in [5.74, 6) is 0. The summed E-state index contributed by atoms with van der Waals surface area (Å²) < 4.78 is 1.41. The van der Waals surface area contributed by atoms with Gasteiger partial charge in [-0.2, -0.15) is 0 Å². The molecule has 2 aromatic rings. The van der Waals surface area contributed by atoms with Gasteiger partial charge in [0.15, 0.2) is 0 Å². The summed E-state index contributed by atoms with van der Waals surface area (Å²) in [5, 5.41) is 0. The number of hydrogen-bond donors (Lipinski definition) is 0. The quantitative estimate of drug-likeness (QED) is 0.410. The molecule has 0 spiro atoms. The zero-order chi connectivity index (χ0) is 21.3. The van der Waals surface area contributed by atoms with Gasteiger partial charge in [-0.15, -0.1) is 0 Å². The molecule has 0 nitrogen and oxygen atoms in total. The third-order valence-electron chi connectivity index (χ3n) is 7.76. The molecule has 2 aromatic carbocycles. The van der Waals surface area contributed by atoms with Crippen LogP contribution in [-0.4, -0.2) is 0 Å². The molecule has 0 heterocycles. The van der Waals surface area contributed by atoms with Crippen LogP contribution in [0.15, 0.2) is 59.7 Å². The van der Waals surface area contributed by atoms with Gasteiger partial charge in [0.1, 0.15) is 0 Å². The zero-order valence-corrected chi connectivity index (χ0v) is 21.6. The fourth-order valence-corrected chi connectivity index (χ4v) is 10.9. The van der Waals surface area contributed by atoms with Crippen molar-refractivity contribution >= 4 is 11.1 Å². The Morgan fingerprint density at radius 3 is 1.52 bits per heavy atom. The molecule has 0 radical (unpaired) electrons. The SMILES string of the molecule is Cc1cc(C)c2c(c1)C1=C(C=C[CH]1[Zr][CH]1C=CC3=C1c1cc(C)cc(C)c1CC3)CC2. The third-order valence-corrected chi connectivity index (χ3v) is 11.9. The van der Waals surface area contributed by atoms with Gasteiger partial charge < -0.3 is 0 Å². The van der Waals surface area contributed by atoms with E-state index in [0.717, 1.165) is 0 Å². The zero-order valence-electron chi connectivity index (χ0n) is 19.1. The van der Waals surface area contributed by atoms with E-state index in [0.29, 0.717) is 7.25 Å². The predicted octanol–water partition coefficient (Wildman–Crippen LogP) is 7.82. The van der Waals surface area contributed by atoms with Crippen molar-refractivity contribution in [1.82, 2.24) is 0 Å². The first-order chi connectivity index (χ1) is 15.0. The summed E-state index contributed by atoms with van der Waals surface area (Å²) >= 11 is -0.739. The Morgan fingerprint density at radius 2 is 1.06 bits per heavy atom. The molecular formula is C30H30Zr. The van der Waals surface area contributed by atoms with Gasteiger partial charge in [-0.3, -0.25) is 0 Å².